The highest BCUT2D eigenvalue weighted by molar-refractivity contribution is 5.44. The molecule has 2 heteroatoms. The molecule has 2 aromatic carbocycles. The van der Waals surface area contributed by atoms with E-state index in [-0.39, 0.29) is 6.04 Å². The van der Waals surface area contributed by atoms with Gasteiger partial charge in [0.15, 0.2) is 0 Å². The molecule has 0 saturated carbocycles. The molecule has 0 bridgehead atoms. The predicted molar refractivity (Wildman–Crippen MR) is 89.1 cm³/mol. The molecule has 0 spiro atoms. The molecule has 0 saturated heterocycles. The van der Waals surface area contributed by atoms with Gasteiger partial charge in [0, 0.05) is 11.6 Å². The Kier molecular flexibility index (Phi) is 5.40. The topological polar surface area (TPSA) is 21.3 Å². The van der Waals surface area contributed by atoms with Gasteiger partial charge in [0.1, 0.15) is 11.5 Å². The molecule has 0 heterocycles. The second kappa shape index (κ2) is 7.28. The highest BCUT2D eigenvalue weighted by Crippen LogP contribution is 2.32. The van der Waals surface area contributed by atoms with Gasteiger partial charge in [0.25, 0.3) is 0 Å². The molecule has 112 valence electrons. The zero-order chi connectivity index (χ0) is 15.2. The highest BCUT2D eigenvalue weighted by Gasteiger charge is 2.12. The molecule has 2 nitrogen and oxygen atoms in total. The number of hydrogen-bond acceptors (Lipinski definition) is 2. The maximum absolute atomic E-state index is 6.18. The molecule has 1 unspecified atom stereocenters. The van der Waals surface area contributed by atoms with Crippen molar-refractivity contribution < 1.29 is 4.74 Å². The average molecular weight is 283 g/mol. The molecule has 0 amide bonds. The van der Waals surface area contributed by atoms with E-state index in [4.69, 9.17) is 4.74 Å². The molecule has 0 aliphatic rings. The van der Waals surface area contributed by atoms with Crippen molar-refractivity contribution in [3.8, 4) is 11.5 Å². The van der Waals surface area contributed by atoms with Gasteiger partial charge in [-0.2, -0.15) is 0 Å². The Morgan fingerprint density at radius 2 is 1.71 bits per heavy atom. The van der Waals surface area contributed by atoms with Crippen molar-refractivity contribution >= 4 is 0 Å². The summed E-state index contributed by atoms with van der Waals surface area (Å²) in [4.78, 5) is 0. The van der Waals surface area contributed by atoms with E-state index in [1.54, 1.807) is 0 Å². The fraction of sp³-hybridized carbons (Fsp3) is 0.368. The van der Waals surface area contributed by atoms with Crippen molar-refractivity contribution in [2.24, 2.45) is 0 Å². The maximum atomic E-state index is 6.18. The molecule has 0 aromatic heterocycles. The van der Waals surface area contributed by atoms with E-state index in [0.717, 1.165) is 24.5 Å². The van der Waals surface area contributed by atoms with Crippen molar-refractivity contribution in [1.82, 2.24) is 5.32 Å². The monoisotopic (exact) mass is 283 g/mol. The van der Waals surface area contributed by atoms with Crippen LogP contribution in [0.2, 0.25) is 0 Å². The molecule has 0 fully saturated rings. The standard InChI is InChI=1S/C19H25NO/c1-5-13-20-16(4)17-10-6-7-11-19(17)21-18-12-8-9-14(2)15(18)3/h6-12,16,20H,5,13H2,1-4H3. The normalized spacial score (nSPS) is 12.2. The number of ether oxygens (including phenoxy) is 1. The summed E-state index contributed by atoms with van der Waals surface area (Å²) in [6.45, 7) is 9.59. The molecule has 0 aliphatic carbocycles. The second-order valence-electron chi connectivity index (χ2n) is 5.51. The number of para-hydroxylation sites is 1. The zero-order valence-electron chi connectivity index (χ0n) is 13.4. The van der Waals surface area contributed by atoms with Crippen LogP contribution in [0.3, 0.4) is 0 Å². The minimum Gasteiger partial charge on any atom is -0.457 e. The SMILES string of the molecule is CCCNC(C)c1ccccc1Oc1cccc(C)c1C. The van der Waals surface area contributed by atoms with Crippen LogP contribution in [0.4, 0.5) is 0 Å². The van der Waals surface area contributed by atoms with Gasteiger partial charge in [-0.1, -0.05) is 37.3 Å². The Labute approximate surface area is 128 Å². The highest BCUT2D eigenvalue weighted by atomic mass is 16.5. The summed E-state index contributed by atoms with van der Waals surface area (Å²) < 4.78 is 6.18. The van der Waals surface area contributed by atoms with Crippen LogP contribution in [-0.2, 0) is 0 Å². The van der Waals surface area contributed by atoms with E-state index >= 15 is 0 Å². The van der Waals surface area contributed by atoms with Gasteiger partial charge in [-0.3, -0.25) is 0 Å². The summed E-state index contributed by atoms with van der Waals surface area (Å²) in [5, 5.41) is 3.52. The summed E-state index contributed by atoms with van der Waals surface area (Å²) in [5.74, 6) is 1.87. The van der Waals surface area contributed by atoms with E-state index in [2.05, 4.69) is 51.2 Å². The lowest BCUT2D eigenvalue weighted by Gasteiger charge is -2.19. The fourth-order valence-electron chi connectivity index (χ4n) is 2.36. The molecular weight excluding hydrogens is 258 g/mol. The lowest BCUT2D eigenvalue weighted by Crippen LogP contribution is -2.19. The van der Waals surface area contributed by atoms with Crippen LogP contribution in [0.5, 0.6) is 11.5 Å². The van der Waals surface area contributed by atoms with E-state index in [9.17, 15) is 0 Å². The molecule has 0 aliphatic heterocycles. The van der Waals surface area contributed by atoms with Crippen LogP contribution in [0.1, 0.15) is 43.0 Å². The van der Waals surface area contributed by atoms with Crippen molar-refractivity contribution in [2.75, 3.05) is 6.54 Å². The summed E-state index contributed by atoms with van der Waals surface area (Å²) in [6.07, 6.45) is 1.13. The Morgan fingerprint density at radius 3 is 2.48 bits per heavy atom. The van der Waals surface area contributed by atoms with Crippen LogP contribution in [0, 0.1) is 13.8 Å². The smallest absolute Gasteiger partial charge is 0.132 e. The Balaban J connectivity index is 2.26. The van der Waals surface area contributed by atoms with Gasteiger partial charge in [-0.25, -0.2) is 0 Å². The van der Waals surface area contributed by atoms with Crippen LogP contribution in [0.15, 0.2) is 42.5 Å². The molecule has 21 heavy (non-hydrogen) atoms. The van der Waals surface area contributed by atoms with Gasteiger partial charge >= 0.3 is 0 Å². The van der Waals surface area contributed by atoms with Gasteiger partial charge in [0.05, 0.1) is 0 Å². The molecular formula is C19H25NO. The van der Waals surface area contributed by atoms with Crippen molar-refractivity contribution in [1.29, 1.82) is 0 Å². The van der Waals surface area contributed by atoms with Crippen LogP contribution < -0.4 is 10.1 Å². The van der Waals surface area contributed by atoms with Crippen molar-refractivity contribution in [3.63, 3.8) is 0 Å². The third kappa shape index (κ3) is 3.85. The largest absolute Gasteiger partial charge is 0.457 e. The van der Waals surface area contributed by atoms with Gasteiger partial charge in [-0.15, -0.1) is 0 Å². The minimum absolute atomic E-state index is 0.284. The molecule has 1 N–H and O–H groups in total. The average Bonchev–Trinajstić information content (AvgIpc) is 2.50. The Morgan fingerprint density at radius 1 is 1.00 bits per heavy atom. The van der Waals surface area contributed by atoms with Crippen LogP contribution in [-0.4, -0.2) is 6.54 Å². The predicted octanol–water partition coefficient (Wildman–Crippen LogP) is 5.16. The van der Waals surface area contributed by atoms with E-state index in [0.29, 0.717) is 0 Å². The number of nitrogens with one attached hydrogen (secondary N) is 1. The fourth-order valence-corrected chi connectivity index (χ4v) is 2.36. The minimum atomic E-state index is 0.284. The van der Waals surface area contributed by atoms with Gasteiger partial charge < -0.3 is 10.1 Å². The summed E-state index contributed by atoms with van der Waals surface area (Å²) in [6, 6.07) is 14.7. The first-order valence-corrected chi connectivity index (χ1v) is 7.69. The third-order valence-electron chi connectivity index (χ3n) is 3.86. The van der Waals surface area contributed by atoms with E-state index in [1.807, 2.05) is 24.3 Å². The van der Waals surface area contributed by atoms with Gasteiger partial charge in [-0.05, 0) is 57.0 Å². The maximum Gasteiger partial charge on any atom is 0.132 e. The quantitative estimate of drug-likeness (QED) is 0.791. The molecule has 0 radical (unpaired) electrons. The molecule has 1 atom stereocenters. The number of benzene rings is 2. The van der Waals surface area contributed by atoms with Crippen LogP contribution >= 0.6 is 0 Å². The lowest BCUT2D eigenvalue weighted by atomic mass is 10.1. The van der Waals surface area contributed by atoms with E-state index < -0.39 is 0 Å². The Bertz CT molecular complexity index is 592. The number of rotatable bonds is 6. The summed E-state index contributed by atoms with van der Waals surface area (Å²) in [5.41, 5.74) is 3.65. The zero-order valence-corrected chi connectivity index (χ0v) is 13.4. The van der Waals surface area contributed by atoms with Crippen LogP contribution in [0.25, 0.3) is 0 Å². The Hall–Kier alpha value is -1.80. The first-order valence-electron chi connectivity index (χ1n) is 7.69. The lowest BCUT2D eigenvalue weighted by molar-refractivity contribution is 0.457. The third-order valence-corrected chi connectivity index (χ3v) is 3.86. The first kappa shape index (κ1) is 15.6. The van der Waals surface area contributed by atoms with E-state index in [1.165, 1.54) is 16.7 Å². The second-order valence-corrected chi connectivity index (χ2v) is 5.51. The van der Waals surface area contributed by atoms with Gasteiger partial charge in [0.2, 0.25) is 0 Å². The summed E-state index contributed by atoms with van der Waals surface area (Å²) >= 11 is 0. The van der Waals surface area contributed by atoms with Crippen molar-refractivity contribution in [3.05, 3.63) is 59.2 Å². The first-order chi connectivity index (χ1) is 10.1. The number of hydrogen-bond donors (Lipinski definition) is 1. The summed E-state index contributed by atoms with van der Waals surface area (Å²) in [7, 11) is 0. The number of aryl methyl sites for hydroxylation is 1. The molecule has 2 rings (SSSR count). The molecule has 2 aromatic rings. The van der Waals surface area contributed by atoms with Crippen molar-refractivity contribution in [2.45, 2.75) is 40.2 Å².